The van der Waals surface area contributed by atoms with Gasteiger partial charge >= 0.3 is 0 Å². The Morgan fingerprint density at radius 2 is 1.82 bits per heavy atom. The molecule has 1 saturated heterocycles. The molecule has 120 valence electrons. The summed E-state index contributed by atoms with van der Waals surface area (Å²) in [6, 6.07) is 9.96. The normalized spacial score (nSPS) is 15.6. The van der Waals surface area contributed by atoms with Crippen molar-refractivity contribution in [2.75, 3.05) is 45.0 Å². The van der Waals surface area contributed by atoms with Gasteiger partial charge in [-0.2, -0.15) is 0 Å². The second-order valence-electron chi connectivity index (χ2n) is 5.21. The van der Waals surface area contributed by atoms with Gasteiger partial charge in [-0.15, -0.1) is 11.8 Å². The highest BCUT2D eigenvalue weighted by Crippen LogP contribution is 2.17. The minimum absolute atomic E-state index is 0.0573. The predicted octanol–water partition coefficient (Wildman–Crippen LogP) is 1.06. The summed E-state index contributed by atoms with van der Waals surface area (Å²) in [5.74, 6) is 0.703. The molecule has 0 aliphatic carbocycles. The van der Waals surface area contributed by atoms with E-state index in [2.05, 4.69) is 10.2 Å². The van der Waals surface area contributed by atoms with Gasteiger partial charge in [0.15, 0.2) is 0 Å². The number of carbonyl (C=O) groups is 2. The SMILES string of the molecule is CCNC(=O)CN1CCN(C(=O)CSc2ccccc2)CC1. The summed E-state index contributed by atoms with van der Waals surface area (Å²) in [6.45, 7) is 5.93. The highest BCUT2D eigenvalue weighted by Gasteiger charge is 2.22. The monoisotopic (exact) mass is 321 g/mol. The molecule has 1 aliphatic heterocycles. The average Bonchev–Trinajstić information content (AvgIpc) is 2.54. The number of nitrogens with one attached hydrogen (secondary N) is 1. The van der Waals surface area contributed by atoms with Crippen LogP contribution < -0.4 is 5.32 Å². The maximum absolute atomic E-state index is 12.2. The molecule has 0 bridgehead atoms. The number of hydrogen-bond donors (Lipinski definition) is 1. The number of thioether (sulfide) groups is 1. The Morgan fingerprint density at radius 1 is 1.14 bits per heavy atom. The second-order valence-corrected chi connectivity index (χ2v) is 6.26. The lowest BCUT2D eigenvalue weighted by Gasteiger charge is -2.34. The molecule has 1 fully saturated rings. The van der Waals surface area contributed by atoms with Crippen molar-refractivity contribution in [3.63, 3.8) is 0 Å². The average molecular weight is 321 g/mol. The molecular formula is C16H23N3O2S. The first-order valence-corrected chi connectivity index (χ1v) is 8.62. The van der Waals surface area contributed by atoms with E-state index in [0.29, 0.717) is 31.9 Å². The van der Waals surface area contributed by atoms with Crippen molar-refractivity contribution in [2.24, 2.45) is 0 Å². The van der Waals surface area contributed by atoms with Crippen LogP contribution in [0.5, 0.6) is 0 Å². The van der Waals surface area contributed by atoms with E-state index in [1.165, 1.54) is 0 Å². The molecule has 5 nitrogen and oxygen atoms in total. The zero-order valence-corrected chi connectivity index (χ0v) is 13.8. The standard InChI is InChI=1S/C16H23N3O2S/c1-2-17-15(20)12-18-8-10-19(11-9-18)16(21)13-22-14-6-4-3-5-7-14/h3-7H,2,8-13H2,1H3,(H,17,20). The number of rotatable bonds is 6. The summed E-state index contributed by atoms with van der Waals surface area (Å²) in [4.78, 5) is 28.9. The first kappa shape index (κ1) is 16.8. The lowest BCUT2D eigenvalue weighted by Crippen LogP contribution is -2.51. The molecular weight excluding hydrogens is 298 g/mol. The molecule has 1 aliphatic rings. The molecule has 1 aromatic rings. The number of amides is 2. The van der Waals surface area contributed by atoms with Gasteiger partial charge in [0, 0.05) is 37.6 Å². The van der Waals surface area contributed by atoms with E-state index in [1.54, 1.807) is 11.8 Å². The van der Waals surface area contributed by atoms with Gasteiger partial charge in [-0.1, -0.05) is 18.2 Å². The lowest BCUT2D eigenvalue weighted by molar-refractivity contribution is -0.130. The van der Waals surface area contributed by atoms with E-state index >= 15 is 0 Å². The molecule has 0 spiro atoms. The van der Waals surface area contributed by atoms with Gasteiger partial charge in [-0.05, 0) is 19.1 Å². The molecule has 22 heavy (non-hydrogen) atoms. The smallest absolute Gasteiger partial charge is 0.234 e. The van der Waals surface area contributed by atoms with Crippen molar-refractivity contribution >= 4 is 23.6 Å². The zero-order valence-electron chi connectivity index (χ0n) is 13.0. The molecule has 2 amide bonds. The van der Waals surface area contributed by atoms with Crippen LogP contribution in [0.2, 0.25) is 0 Å². The van der Waals surface area contributed by atoms with Crippen LogP contribution in [0.3, 0.4) is 0 Å². The summed E-state index contributed by atoms with van der Waals surface area (Å²) in [7, 11) is 0. The molecule has 0 aromatic heterocycles. The summed E-state index contributed by atoms with van der Waals surface area (Å²) < 4.78 is 0. The van der Waals surface area contributed by atoms with E-state index in [0.717, 1.165) is 18.0 Å². The van der Waals surface area contributed by atoms with Crippen molar-refractivity contribution in [3.8, 4) is 0 Å². The fourth-order valence-corrected chi connectivity index (χ4v) is 3.19. The highest BCUT2D eigenvalue weighted by atomic mass is 32.2. The van der Waals surface area contributed by atoms with Gasteiger partial charge in [-0.3, -0.25) is 14.5 Å². The number of piperazine rings is 1. The van der Waals surface area contributed by atoms with Crippen molar-refractivity contribution in [1.29, 1.82) is 0 Å². The van der Waals surface area contributed by atoms with Gasteiger partial charge in [0.2, 0.25) is 11.8 Å². The maximum atomic E-state index is 12.2. The third-order valence-corrected chi connectivity index (χ3v) is 4.57. The van der Waals surface area contributed by atoms with Crippen molar-refractivity contribution in [3.05, 3.63) is 30.3 Å². The molecule has 6 heteroatoms. The number of carbonyl (C=O) groups excluding carboxylic acids is 2. The molecule has 0 unspecified atom stereocenters. The lowest BCUT2D eigenvalue weighted by atomic mass is 10.3. The van der Waals surface area contributed by atoms with Gasteiger partial charge in [0.05, 0.1) is 12.3 Å². The molecule has 1 heterocycles. The Hall–Kier alpha value is -1.53. The number of likely N-dealkylation sites (N-methyl/N-ethyl adjacent to an activating group) is 1. The highest BCUT2D eigenvalue weighted by molar-refractivity contribution is 8.00. The molecule has 0 radical (unpaired) electrons. The van der Waals surface area contributed by atoms with Crippen LogP contribution in [0, 0.1) is 0 Å². The molecule has 2 rings (SSSR count). The Morgan fingerprint density at radius 3 is 2.45 bits per heavy atom. The zero-order chi connectivity index (χ0) is 15.8. The summed E-state index contributed by atoms with van der Waals surface area (Å²) in [6.07, 6.45) is 0. The minimum atomic E-state index is 0.0573. The van der Waals surface area contributed by atoms with Gasteiger partial charge in [-0.25, -0.2) is 0 Å². The Kier molecular flexibility index (Phi) is 6.74. The fourth-order valence-electron chi connectivity index (χ4n) is 2.36. The van der Waals surface area contributed by atoms with Crippen LogP contribution in [0.1, 0.15) is 6.92 Å². The van der Waals surface area contributed by atoms with Crippen LogP contribution in [-0.4, -0.2) is 66.6 Å². The Balaban J connectivity index is 1.69. The van der Waals surface area contributed by atoms with E-state index in [4.69, 9.17) is 0 Å². The largest absolute Gasteiger partial charge is 0.355 e. The van der Waals surface area contributed by atoms with E-state index in [1.807, 2.05) is 42.2 Å². The number of nitrogens with zero attached hydrogens (tertiary/aromatic N) is 2. The summed E-state index contributed by atoms with van der Waals surface area (Å²) >= 11 is 1.57. The van der Waals surface area contributed by atoms with Crippen LogP contribution in [0.4, 0.5) is 0 Å². The third kappa shape index (κ3) is 5.35. The maximum Gasteiger partial charge on any atom is 0.234 e. The molecule has 0 saturated carbocycles. The Labute approximate surface area is 136 Å². The van der Waals surface area contributed by atoms with Crippen LogP contribution >= 0.6 is 11.8 Å². The van der Waals surface area contributed by atoms with Gasteiger partial charge in [0.1, 0.15) is 0 Å². The van der Waals surface area contributed by atoms with Crippen molar-refractivity contribution in [1.82, 2.24) is 15.1 Å². The molecule has 0 atom stereocenters. The van der Waals surface area contributed by atoms with Crippen LogP contribution in [0.25, 0.3) is 0 Å². The topological polar surface area (TPSA) is 52.7 Å². The first-order chi connectivity index (χ1) is 10.7. The number of hydrogen-bond acceptors (Lipinski definition) is 4. The Bertz CT molecular complexity index is 487. The van der Waals surface area contributed by atoms with Crippen molar-refractivity contribution < 1.29 is 9.59 Å². The first-order valence-electron chi connectivity index (χ1n) is 7.63. The van der Waals surface area contributed by atoms with E-state index in [9.17, 15) is 9.59 Å². The van der Waals surface area contributed by atoms with Crippen molar-refractivity contribution in [2.45, 2.75) is 11.8 Å². The van der Waals surface area contributed by atoms with E-state index < -0.39 is 0 Å². The predicted molar refractivity (Wildman–Crippen MR) is 88.9 cm³/mol. The molecule has 1 N–H and O–H groups in total. The molecule has 1 aromatic carbocycles. The quantitative estimate of drug-likeness (QED) is 0.796. The fraction of sp³-hybridized carbons (Fsp3) is 0.500. The number of benzene rings is 1. The van der Waals surface area contributed by atoms with Gasteiger partial charge < -0.3 is 10.2 Å². The van der Waals surface area contributed by atoms with Crippen LogP contribution in [-0.2, 0) is 9.59 Å². The van der Waals surface area contributed by atoms with Crippen LogP contribution in [0.15, 0.2) is 35.2 Å². The third-order valence-electron chi connectivity index (χ3n) is 3.57. The summed E-state index contributed by atoms with van der Waals surface area (Å²) in [5.41, 5.74) is 0. The minimum Gasteiger partial charge on any atom is -0.355 e. The van der Waals surface area contributed by atoms with Gasteiger partial charge in [0.25, 0.3) is 0 Å². The summed E-state index contributed by atoms with van der Waals surface area (Å²) in [5, 5.41) is 2.80. The second kappa shape index (κ2) is 8.80. The van der Waals surface area contributed by atoms with E-state index in [-0.39, 0.29) is 11.8 Å².